The van der Waals surface area contributed by atoms with E-state index in [-0.39, 0.29) is 17.1 Å². The zero-order chi connectivity index (χ0) is 93.3. The molecule has 0 radical (unpaired) electrons. The molecular formula is C114H156FeN14. The Morgan fingerprint density at radius 3 is 0.457 bits per heavy atom. The average Bonchev–Trinajstić information content (AvgIpc) is 1.63. The maximum Gasteiger partial charge on any atom is 2.00 e. The maximum atomic E-state index is 6.25. The summed E-state index contributed by atoms with van der Waals surface area (Å²) in [4.78, 5) is 0. The van der Waals surface area contributed by atoms with Crippen LogP contribution in [-0.2, 0) is 69.4 Å². The zero-order valence-corrected chi connectivity index (χ0v) is 81.4. The third-order valence-corrected chi connectivity index (χ3v) is 24.2. The predicted octanol–water partition coefficient (Wildman–Crippen LogP) is 30.7. The second-order valence-corrected chi connectivity index (χ2v) is 33.0. The summed E-state index contributed by atoms with van der Waals surface area (Å²) >= 11 is 0. The first kappa shape index (κ1) is 114. The summed E-state index contributed by atoms with van der Waals surface area (Å²) in [5.41, 5.74) is 16.1. The third kappa shape index (κ3) is 38.4. The zero-order valence-electron chi connectivity index (χ0n) is 80.3. The van der Waals surface area contributed by atoms with Crippen LogP contribution in [0.5, 0.6) is 0 Å². The first-order valence-electron chi connectivity index (χ1n) is 49.1. The summed E-state index contributed by atoms with van der Waals surface area (Å²) in [6.07, 6.45) is 55.3. The van der Waals surface area contributed by atoms with Gasteiger partial charge in [-0.1, -0.05) is 354 Å². The van der Waals surface area contributed by atoms with Gasteiger partial charge < -0.3 is 71.0 Å². The largest absolute Gasteiger partial charge is 2.00 e. The van der Waals surface area contributed by atoms with Crippen LogP contribution in [0.15, 0.2) is 218 Å². The standard InChI is InChI=1S/4C27H39N2.6CN.Fe/c4*1-3-5-6-7-8-9-10-11-12-18-23-29-26-22-17-16-21-25(26)28(4-2)27(29)24-19-14-13-15-20-24;6*1-2;/h4*13-17,19-22H,3-12,18,23H2,1-2H3;;;;;;;/q4*+1;6*-1;+2. The Bertz CT molecular complexity index is 4280. The molecule has 0 aliphatic heterocycles. The van der Waals surface area contributed by atoms with Crippen LogP contribution in [-0.4, -0.2) is 18.3 Å². The predicted molar refractivity (Wildman–Crippen MR) is 530 cm³/mol. The summed E-state index contributed by atoms with van der Waals surface area (Å²) in [7, 11) is 0. The minimum atomic E-state index is 0. The van der Waals surface area contributed by atoms with Crippen LogP contribution in [0.3, 0.4) is 0 Å². The summed E-state index contributed by atoms with van der Waals surface area (Å²) < 4.78 is 20.1. The molecular weight excluding hydrogens is 1620 g/mol. The molecule has 0 saturated carbocycles. The summed E-state index contributed by atoms with van der Waals surface area (Å²) in [6, 6.07) is 79.1. The average molecular weight is 1780 g/mol. The Labute approximate surface area is 792 Å². The van der Waals surface area contributed by atoms with Crippen molar-refractivity contribution in [1.29, 1.82) is 31.6 Å². The number of para-hydroxylation sites is 8. The van der Waals surface area contributed by atoms with Crippen LogP contribution >= 0.6 is 0 Å². The van der Waals surface area contributed by atoms with Gasteiger partial charge in [-0.25, -0.2) is 36.5 Å². The van der Waals surface area contributed by atoms with E-state index in [2.05, 4.69) is 310 Å². The number of benzene rings is 8. The van der Waals surface area contributed by atoms with Gasteiger partial charge in [-0.2, -0.15) is 0 Å². The van der Waals surface area contributed by atoms with Gasteiger partial charge in [0.05, 0.1) is 74.6 Å². The monoisotopic (exact) mass is 1780 g/mol. The second-order valence-electron chi connectivity index (χ2n) is 33.0. The van der Waals surface area contributed by atoms with Gasteiger partial charge in [-0.05, 0) is 176 Å². The third-order valence-electron chi connectivity index (χ3n) is 24.2. The fraction of sp³-hybridized carbons (Fsp3) is 0.491. The van der Waals surface area contributed by atoms with E-state index in [9.17, 15) is 0 Å². The molecule has 0 aliphatic rings. The summed E-state index contributed by atoms with van der Waals surface area (Å²) in [5, 5.41) is 37.5. The molecule has 0 N–H and O–H groups in total. The van der Waals surface area contributed by atoms with E-state index >= 15 is 0 Å². The van der Waals surface area contributed by atoms with Crippen LogP contribution < -0.4 is 18.3 Å². The molecule has 8 aromatic carbocycles. The van der Waals surface area contributed by atoms with E-state index in [1.54, 1.807) is 0 Å². The molecule has 15 heteroatoms. The number of unbranched alkanes of at least 4 members (excludes halogenated alkanes) is 36. The van der Waals surface area contributed by atoms with Crippen LogP contribution in [0, 0.1) is 71.0 Å². The molecule has 690 valence electrons. The van der Waals surface area contributed by atoms with Gasteiger partial charge in [0, 0.05) is 0 Å². The Balaban J connectivity index is 0.000000558. The van der Waals surface area contributed by atoms with Crippen LogP contribution in [0.1, 0.15) is 312 Å². The van der Waals surface area contributed by atoms with Gasteiger partial charge in [0.15, 0.2) is 44.1 Å². The molecule has 14 nitrogen and oxygen atoms in total. The van der Waals surface area contributed by atoms with Crippen molar-refractivity contribution in [2.75, 3.05) is 0 Å². The SMILES string of the molecule is CCCCCCCCCCCC[n+]1c(-c2ccccc2)n(CC)c2ccccc21.CCCCCCCCCCCC[n+]1c(-c2ccccc2)n(CC)c2ccccc21.CCCCCCCCCCCC[n+]1c(-c2ccccc2)n(CC)c2ccccc21.CCCCCCCCCCCC[n+]1c(-c2ccccc2)n(CC)c2ccccc21.[C-]#N.[C-]#N.[C-]#N.[C-]#N.[C-]#N.[C-]#N.[Fe+2]. The number of imidazole rings is 4. The van der Waals surface area contributed by atoms with E-state index in [4.69, 9.17) is 71.0 Å². The molecule has 0 atom stereocenters. The molecule has 4 aromatic heterocycles. The minimum Gasteiger partial charge on any atom is -0.512 e. The van der Waals surface area contributed by atoms with E-state index in [0.29, 0.717) is 0 Å². The number of hydrogen-bond acceptors (Lipinski definition) is 6. The van der Waals surface area contributed by atoms with Gasteiger partial charge >= 0.3 is 17.1 Å². The topological polar surface area (TPSA) is 178 Å². The number of aryl methyl sites for hydroxylation is 8. The first-order valence-corrected chi connectivity index (χ1v) is 49.1. The number of aromatic nitrogens is 8. The van der Waals surface area contributed by atoms with Crippen molar-refractivity contribution in [3.63, 3.8) is 0 Å². The number of hydrogen-bond donors (Lipinski definition) is 0. The number of rotatable bonds is 52. The van der Waals surface area contributed by atoms with Gasteiger partial charge in [-0.15, -0.1) is 0 Å². The van der Waals surface area contributed by atoms with Crippen LogP contribution in [0.25, 0.3) is 89.7 Å². The fourth-order valence-electron chi connectivity index (χ4n) is 18.0. The summed E-state index contributed by atoms with van der Waals surface area (Å²) in [5.74, 6) is 5.41. The van der Waals surface area contributed by atoms with Crippen molar-refractivity contribution in [3.8, 4) is 45.6 Å². The Morgan fingerprint density at radius 1 is 0.178 bits per heavy atom. The van der Waals surface area contributed by atoms with Gasteiger partial charge in [-0.3, -0.25) is 0 Å². The molecule has 0 spiro atoms. The van der Waals surface area contributed by atoms with Gasteiger partial charge in [0.25, 0.3) is 23.3 Å². The molecule has 0 saturated heterocycles. The number of nitrogens with zero attached hydrogens (tertiary/aromatic N) is 14. The maximum absolute atomic E-state index is 6.25. The van der Waals surface area contributed by atoms with Crippen molar-refractivity contribution >= 4 is 44.1 Å². The Morgan fingerprint density at radius 2 is 0.310 bits per heavy atom. The molecule has 12 aromatic rings. The molecule has 0 fully saturated rings. The van der Waals surface area contributed by atoms with Crippen molar-refractivity contribution in [1.82, 2.24) is 18.3 Å². The minimum absolute atomic E-state index is 0. The second kappa shape index (κ2) is 75.0. The van der Waals surface area contributed by atoms with Crippen molar-refractivity contribution < 1.29 is 35.3 Å². The van der Waals surface area contributed by atoms with E-state index in [1.165, 1.54) is 347 Å². The fourth-order valence-corrected chi connectivity index (χ4v) is 18.0. The smallest absolute Gasteiger partial charge is 0.512 e. The number of fused-ring (bicyclic) bond motifs is 4. The van der Waals surface area contributed by atoms with Crippen LogP contribution in [0.4, 0.5) is 0 Å². The Hall–Kier alpha value is -10.9. The Kier molecular flexibility index (Phi) is 66.3. The van der Waals surface area contributed by atoms with Crippen molar-refractivity contribution in [2.45, 2.75) is 365 Å². The molecule has 0 unspecified atom stereocenters. The van der Waals surface area contributed by atoms with E-state index in [0.717, 1.165) is 52.4 Å². The molecule has 0 bridgehead atoms. The molecule has 129 heavy (non-hydrogen) atoms. The molecule has 0 aliphatic carbocycles. The molecule has 0 amide bonds. The van der Waals surface area contributed by atoms with Gasteiger partial charge in [0.1, 0.15) is 0 Å². The van der Waals surface area contributed by atoms with Crippen molar-refractivity contribution in [3.05, 3.63) is 258 Å². The molecule has 12 rings (SSSR count). The van der Waals surface area contributed by atoms with Crippen LogP contribution in [0.2, 0.25) is 0 Å². The van der Waals surface area contributed by atoms with Gasteiger partial charge in [0.2, 0.25) is 0 Å². The summed E-state index contributed by atoms with van der Waals surface area (Å²) in [6.45, 7) is 55.1. The normalized spacial score (nSPS) is 10.3. The quantitative estimate of drug-likeness (QED) is 0.0158. The first-order chi connectivity index (χ1) is 63.5. The van der Waals surface area contributed by atoms with E-state index < -0.39 is 0 Å². The molecule has 4 heterocycles. The van der Waals surface area contributed by atoms with Crippen molar-refractivity contribution in [2.24, 2.45) is 0 Å². The van der Waals surface area contributed by atoms with E-state index in [1.807, 2.05) is 0 Å².